The zero-order valence-corrected chi connectivity index (χ0v) is 18.2. The summed E-state index contributed by atoms with van der Waals surface area (Å²) in [4.78, 5) is 0. The Morgan fingerprint density at radius 1 is 1.12 bits per heavy atom. The minimum absolute atomic E-state index is 0.321. The Balaban J connectivity index is 1.54. The van der Waals surface area contributed by atoms with Crippen LogP contribution in [0.4, 0.5) is 0 Å². The van der Waals surface area contributed by atoms with E-state index in [0.717, 1.165) is 28.4 Å². The van der Waals surface area contributed by atoms with Gasteiger partial charge in [0, 0.05) is 12.1 Å². The number of rotatable bonds is 6. The normalized spacial score (nSPS) is 37.8. The zero-order valence-electron chi connectivity index (χ0n) is 16.6. The Morgan fingerprint density at radius 3 is 2.38 bits per heavy atom. The standard InChI is InChI=1S/C22H32BrNO2/c1-5-26-18-7-15(6-17(23)19(18)25-4)11-24-22-10-16-8-20(2,13-22)12-21(3,9-16)14-22/h6-7,16,24H,5,8-14H2,1-4H3/t16?,20-,21+,22?. The molecule has 0 aromatic heterocycles. The van der Waals surface area contributed by atoms with Crippen molar-refractivity contribution < 1.29 is 9.47 Å². The van der Waals surface area contributed by atoms with Gasteiger partial charge in [-0.2, -0.15) is 0 Å². The molecule has 1 N–H and O–H groups in total. The lowest BCUT2D eigenvalue weighted by Crippen LogP contribution is -2.63. The first-order valence-electron chi connectivity index (χ1n) is 10.0. The zero-order chi connectivity index (χ0) is 18.6. The SMILES string of the molecule is CCOc1cc(CNC23CC4C[C@@](C)(C2)C[C@](C)(C4)C3)cc(Br)c1OC. The molecule has 4 heteroatoms. The highest BCUT2D eigenvalue weighted by atomic mass is 79.9. The third-order valence-electron chi connectivity index (χ3n) is 6.87. The Bertz CT molecular complexity index is 686. The average Bonchev–Trinajstić information content (AvgIpc) is 2.50. The van der Waals surface area contributed by atoms with Gasteiger partial charge in [-0.05, 0) is 95.8 Å². The van der Waals surface area contributed by atoms with E-state index in [1.165, 1.54) is 44.1 Å². The van der Waals surface area contributed by atoms with Gasteiger partial charge in [0.2, 0.25) is 0 Å². The summed E-state index contributed by atoms with van der Waals surface area (Å²) in [6.07, 6.45) is 8.32. The summed E-state index contributed by atoms with van der Waals surface area (Å²) in [6, 6.07) is 4.29. The molecule has 1 aromatic carbocycles. The first-order valence-corrected chi connectivity index (χ1v) is 10.8. The molecule has 4 aliphatic carbocycles. The topological polar surface area (TPSA) is 30.5 Å². The smallest absolute Gasteiger partial charge is 0.174 e. The van der Waals surface area contributed by atoms with Gasteiger partial charge in [0.05, 0.1) is 18.2 Å². The van der Waals surface area contributed by atoms with Crippen molar-refractivity contribution in [3.63, 3.8) is 0 Å². The van der Waals surface area contributed by atoms with Crippen LogP contribution < -0.4 is 14.8 Å². The lowest BCUT2D eigenvalue weighted by molar-refractivity contribution is -0.118. The minimum Gasteiger partial charge on any atom is -0.492 e. The summed E-state index contributed by atoms with van der Waals surface area (Å²) in [5, 5.41) is 4.01. The van der Waals surface area contributed by atoms with Crippen LogP contribution in [0.3, 0.4) is 0 Å². The predicted molar refractivity (Wildman–Crippen MR) is 109 cm³/mol. The molecule has 4 fully saturated rings. The van der Waals surface area contributed by atoms with Gasteiger partial charge < -0.3 is 14.8 Å². The van der Waals surface area contributed by atoms with Crippen LogP contribution in [-0.4, -0.2) is 19.3 Å². The van der Waals surface area contributed by atoms with Gasteiger partial charge in [-0.25, -0.2) is 0 Å². The lowest BCUT2D eigenvalue weighted by Gasteiger charge is -2.65. The summed E-state index contributed by atoms with van der Waals surface area (Å²) >= 11 is 3.65. The molecule has 144 valence electrons. The molecule has 4 saturated carbocycles. The molecule has 2 unspecified atom stereocenters. The molecule has 5 rings (SSSR count). The number of ether oxygens (including phenoxy) is 2. The molecule has 0 saturated heterocycles. The molecule has 0 aliphatic heterocycles. The van der Waals surface area contributed by atoms with Crippen molar-refractivity contribution in [1.82, 2.24) is 5.32 Å². The summed E-state index contributed by atoms with van der Waals surface area (Å²) in [5.41, 5.74) is 2.66. The van der Waals surface area contributed by atoms with E-state index in [9.17, 15) is 0 Å². The summed E-state index contributed by atoms with van der Waals surface area (Å²) in [6.45, 7) is 8.60. The highest BCUT2D eigenvalue weighted by molar-refractivity contribution is 9.10. The largest absolute Gasteiger partial charge is 0.492 e. The van der Waals surface area contributed by atoms with Gasteiger partial charge in [-0.3, -0.25) is 0 Å². The second kappa shape index (κ2) is 6.41. The van der Waals surface area contributed by atoms with Crippen LogP contribution >= 0.6 is 15.9 Å². The van der Waals surface area contributed by atoms with Crippen LogP contribution in [0.25, 0.3) is 0 Å². The highest BCUT2D eigenvalue weighted by Gasteiger charge is 2.59. The Kier molecular flexibility index (Phi) is 4.59. The molecule has 4 aliphatic rings. The van der Waals surface area contributed by atoms with E-state index in [0.29, 0.717) is 23.0 Å². The number of benzene rings is 1. The third-order valence-corrected chi connectivity index (χ3v) is 7.46. The van der Waals surface area contributed by atoms with Crippen LogP contribution in [0.2, 0.25) is 0 Å². The van der Waals surface area contributed by atoms with Crippen molar-refractivity contribution in [3.8, 4) is 11.5 Å². The van der Waals surface area contributed by atoms with Crippen molar-refractivity contribution in [2.45, 2.75) is 71.4 Å². The summed E-state index contributed by atoms with van der Waals surface area (Å²) < 4.78 is 12.3. The van der Waals surface area contributed by atoms with E-state index >= 15 is 0 Å². The Hall–Kier alpha value is -0.740. The van der Waals surface area contributed by atoms with E-state index in [1.54, 1.807) is 7.11 Å². The van der Waals surface area contributed by atoms with Gasteiger partial charge in [-0.1, -0.05) is 13.8 Å². The van der Waals surface area contributed by atoms with E-state index in [4.69, 9.17) is 9.47 Å². The van der Waals surface area contributed by atoms with Gasteiger partial charge in [-0.15, -0.1) is 0 Å². The van der Waals surface area contributed by atoms with Gasteiger partial charge in [0.25, 0.3) is 0 Å². The van der Waals surface area contributed by atoms with Crippen molar-refractivity contribution in [3.05, 3.63) is 22.2 Å². The monoisotopic (exact) mass is 421 g/mol. The molecule has 0 spiro atoms. The molecule has 26 heavy (non-hydrogen) atoms. The number of hydrogen-bond acceptors (Lipinski definition) is 3. The van der Waals surface area contributed by atoms with Crippen LogP contribution in [0.15, 0.2) is 16.6 Å². The quantitative estimate of drug-likeness (QED) is 0.639. The number of halogens is 1. The van der Waals surface area contributed by atoms with Crippen LogP contribution in [0.5, 0.6) is 11.5 Å². The maximum Gasteiger partial charge on any atom is 0.174 e. The van der Waals surface area contributed by atoms with Gasteiger partial charge >= 0.3 is 0 Å². The van der Waals surface area contributed by atoms with Crippen molar-refractivity contribution in [2.75, 3.05) is 13.7 Å². The van der Waals surface area contributed by atoms with E-state index in [1.807, 2.05) is 6.92 Å². The van der Waals surface area contributed by atoms with E-state index in [2.05, 4.69) is 47.2 Å². The Labute approximate surface area is 166 Å². The molecule has 4 atom stereocenters. The summed E-state index contributed by atoms with van der Waals surface area (Å²) in [5.74, 6) is 2.52. The van der Waals surface area contributed by atoms with Crippen LogP contribution in [-0.2, 0) is 6.54 Å². The molecule has 0 heterocycles. The molecule has 0 radical (unpaired) electrons. The first kappa shape index (κ1) is 18.6. The molecule has 1 aromatic rings. The van der Waals surface area contributed by atoms with Gasteiger partial charge in [0.15, 0.2) is 11.5 Å². The first-order chi connectivity index (χ1) is 12.3. The number of nitrogens with one attached hydrogen (secondary N) is 1. The summed E-state index contributed by atoms with van der Waals surface area (Å²) in [7, 11) is 1.69. The van der Waals surface area contributed by atoms with Crippen molar-refractivity contribution >= 4 is 15.9 Å². The van der Waals surface area contributed by atoms with E-state index in [-0.39, 0.29) is 0 Å². The van der Waals surface area contributed by atoms with E-state index < -0.39 is 0 Å². The molecular weight excluding hydrogens is 390 g/mol. The Morgan fingerprint density at radius 2 is 1.81 bits per heavy atom. The second-order valence-corrected chi connectivity index (χ2v) is 10.7. The highest BCUT2D eigenvalue weighted by Crippen LogP contribution is 2.66. The molecule has 4 bridgehead atoms. The van der Waals surface area contributed by atoms with Crippen molar-refractivity contribution in [1.29, 1.82) is 0 Å². The second-order valence-electron chi connectivity index (χ2n) is 9.81. The molecular formula is C22H32BrNO2. The maximum absolute atomic E-state index is 5.79. The molecule has 3 nitrogen and oxygen atoms in total. The predicted octanol–water partition coefficient (Wildman–Crippen LogP) is 5.70. The average molecular weight is 422 g/mol. The fourth-order valence-electron chi connectivity index (χ4n) is 7.12. The van der Waals surface area contributed by atoms with Crippen LogP contribution in [0.1, 0.15) is 64.9 Å². The van der Waals surface area contributed by atoms with Gasteiger partial charge in [0.1, 0.15) is 0 Å². The minimum atomic E-state index is 0.321. The number of hydrogen-bond donors (Lipinski definition) is 1. The van der Waals surface area contributed by atoms with Crippen molar-refractivity contribution in [2.24, 2.45) is 16.7 Å². The third kappa shape index (κ3) is 3.28. The molecule has 0 amide bonds. The maximum atomic E-state index is 5.79. The number of methoxy groups -OCH3 is 1. The fourth-order valence-corrected chi connectivity index (χ4v) is 7.77. The fraction of sp³-hybridized carbons (Fsp3) is 0.727. The van der Waals surface area contributed by atoms with Crippen LogP contribution in [0, 0.1) is 16.7 Å². The lowest BCUT2D eigenvalue weighted by atomic mass is 9.43.